The van der Waals surface area contributed by atoms with Crippen LogP contribution in [0.2, 0.25) is 0 Å². The molecular weight excluding hydrogens is 206 g/mol. The maximum Gasteiger partial charge on any atom is 0.0184 e. The second-order valence-corrected chi connectivity index (χ2v) is 4.31. The molecule has 0 aliphatic rings. The van der Waals surface area contributed by atoms with E-state index < -0.39 is 0 Å². The third kappa shape index (κ3) is 2.56. The zero-order chi connectivity index (χ0) is 12.3. The summed E-state index contributed by atoms with van der Waals surface area (Å²) < 4.78 is 0. The Morgan fingerprint density at radius 1 is 1.18 bits per heavy atom. The molecule has 0 amide bonds. The minimum atomic E-state index is 0.542. The van der Waals surface area contributed by atoms with E-state index in [4.69, 9.17) is 5.73 Å². The Labute approximate surface area is 103 Å². The highest BCUT2D eigenvalue weighted by molar-refractivity contribution is 5.68. The summed E-state index contributed by atoms with van der Waals surface area (Å²) in [5.41, 5.74) is 11.9. The lowest BCUT2D eigenvalue weighted by molar-refractivity contribution is 1.07. The average Bonchev–Trinajstić information content (AvgIpc) is 2.39. The van der Waals surface area contributed by atoms with Crippen molar-refractivity contribution >= 4 is 0 Å². The largest absolute Gasteiger partial charge is 0.326 e. The third-order valence-corrected chi connectivity index (χ3v) is 3.10. The normalized spacial score (nSPS) is 10.5. The van der Waals surface area contributed by atoms with E-state index >= 15 is 0 Å². The predicted molar refractivity (Wildman–Crippen MR) is 72.7 cm³/mol. The first-order valence-electron chi connectivity index (χ1n) is 6.05. The second kappa shape index (κ2) is 5.15. The zero-order valence-electron chi connectivity index (χ0n) is 10.5. The Hall–Kier alpha value is -1.60. The summed E-state index contributed by atoms with van der Waals surface area (Å²) in [5.74, 6) is 0. The number of aryl methyl sites for hydroxylation is 2. The van der Waals surface area contributed by atoms with Crippen molar-refractivity contribution < 1.29 is 0 Å². The lowest BCUT2D eigenvalue weighted by Crippen LogP contribution is -1.96. The fourth-order valence-corrected chi connectivity index (χ4v) is 2.00. The molecule has 0 fully saturated rings. The van der Waals surface area contributed by atoms with Crippen molar-refractivity contribution in [2.45, 2.75) is 26.8 Å². The Morgan fingerprint density at radius 2 is 2.00 bits per heavy atom. The lowest BCUT2D eigenvalue weighted by Gasteiger charge is -2.09. The van der Waals surface area contributed by atoms with Crippen molar-refractivity contribution in [3.8, 4) is 11.1 Å². The van der Waals surface area contributed by atoms with Crippen LogP contribution in [0, 0.1) is 13.0 Å². The van der Waals surface area contributed by atoms with E-state index in [2.05, 4.69) is 50.2 Å². The molecule has 0 unspecified atom stereocenters. The molecule has 2 aromatic carbocycles. The van der Waals surface area contributed by atoms with E-state index in [-0.39, 0.29) is 0 Å². The molecule has 2 rings (SSSR count). The molecule has 0 saturated heterocycles. The zero-order valence-corrected chi connectivity index (χ0v) is 10.5. The summed E-state index contributed by atoms with van der Waals surface area (Å²) in [4.78, 5) is 0. The van der Waals surface area contributed by atoms with Crippen LogP contribution in [0.25, 0.3) is 11.1 Å². The molecular formula is C16H18N. The fraction of sp³-hybridized carbons (Fsp3) is 0.250. The maximum atomic E-state index is 5.66. The molecule has 0 bridgehead atoms. The van der Waals surface area contributed by atoms with Crippen molar-refractivity contribution in [3.63, 3.8) is 0 Å². The monoisotopic (exact) mass is 224 g/mol. The van der Waals surface area contributed by atoms with Crippen molar-refractivity contribution in [2.24, 2.45) is 5.73 Å². The van der Waals surface area contributed by atoms with Gasteiger partial charge in [0.05, 0.1) is 0 Å². The molecule has 17 heavy (non-hydrogen) atoms. The third-order valence-electron chi connectivity index (χ3n) is 3.10. The summed E-state index contributed by atoms with van der Waals surface area (Å²) >= 11 is 0. The molecule has 1 heteroatoms. The Morgan fingerprint density at radius 3 is 2.71 bits per heavy atom. The highest BCUT2D eigenvalue weighted by Gasteiger charge is 2.03. The molecule has 0 atom stereocenters. The Bertz CT molecular complexity index is 515. The van der Waals surface area contributed by atoms with Gasteiger partial charge in [-0.05, 0) is 53.3 Å². The second-order valence-electron chi connectivity index (χ2n) is 4.31. The molecule has 0 saturated carbocycles. The first-order valence-corrected chi connectivity index (χ1v) is 6.05. The van der Waals surface area contributed by atoms with E-state index in [1.54, 1.807) is 0 Å². The van der Waals surface area contributed by atoms with Crippen LogP contribution >= 0.6 is 0 Å². The smallest absolute Gasteiger partial charge is 0.0184 e. The topological polar surface area (TPSA) is 26.0 Å². The van der Waals surface area contributed by atoms with Gasteiger partial charge in [0.25, 0.3) is 0 Å². The molecule has 1 nitrogen and oxygen atoms in total. The molecule has 0 aliphatic carbocycles. The molecule has 0 aliphatic heterocycles. The van der Waals surface area contributed by atoms with Crippen molar-refractivity contribution in [1.29, 1.82) is 0 Å². The number of rotatable bonds is 3. The molecule has 2 N–H and O–H groups in total. The molecule has 2 aromatic rings. The van der Waals surface area contributed by atoms with Gasteiger partial charge in [-0.15, -0.1) is 0 Å². The van der Waals surface area contributed by atoms with E-state index in [9.17, 15) is 0 Å². The number of nitrogens with two attached hydrogens (primary N) is 1. The minimum Gasteiger partial charge on any atom is -0.326 e. The summed E-state index contributed by atoms with van der Waals surface area (Å²) in [6, 6.07) is 16.0. The van der Waals surface area contributed by atoms with Crippen molar-refractivity contribution in [2.75, 3.05) is 0 Å². The van der Waals surface area contributed by atoms with E-state index in [1.807, 2.05) is 6.07 Å². The molecule has 0 aromatic heterocycles. The highest BCUT2D eigenvalue weighted by Crippen LogP contribution is 2.25. The van der Waals surface area contributed by atoms with Gasteiger partial charge < -0.3 is 5.73 Å². The van der Waals surface area contributed by atoms with Crippen LogP contribution in [-0.4, -0.2) is 0 Å². The van der Waals surface area contributed by atoms with E-state index in [1.165, 1.54) is 22.3 Å². The van der Waals surface area contributed by atoms with Gasteiger partial charge in [0.2, 0.25) is 0 Å². The lowest BCUT2D eigenvalue weighted by atomic mass is 9.96. The van der Waals surface area contributed by atoms with Gasteiger partial charge in [-0.1, -0.05) is 37.3 Å². The fourth-order valence-electron chi connectivity index (χ4n) is 2.00. The Kier molecular flexibility index (Phi) is 3.60. The number of benzene rings is 2. The number of hydrogen-bond donors (Lipinski definition) is 1. The molecule has 0 spiro atoms. The van der Waals surface area contributed by atoms with E-state index in [0.29, 0.717) is 6.54 Å². The first kappa shape index (κ1) is 11.9. The molecule has 0 heterocycles. The van der Waals surface area contributed by atoms with Crippen LogP contribution in [0.15, 0.2) is 36.4 Å². The van der Waals surface area contributed by atoms with Crippen LogP contribution < -0.4 is 5.73 Å². The van der Waals surface area contributed by atoms with Crippen LogP contribution in [0.1, 0.15) is 23.6 Å². The van der Waals surface area contributed by atoms with Gasteiger partial charge >= 0.3 is 0 Å². The maximum absolute atomic E-state index is 5.66. The van der Waals surface area contributed by atoms with Gasteiger partial charge in [0.15, 0.2) is 0 Å². The average molecular weight is 224 g/mol. The quantitative estimate of drug-likeness (QED) is 0.848. The summed E-state index contributed by atoms with van der Waals surface area (Å²) in [7, 11) is 0. The summed E-state index contributed by atoms with van der Waals surface area (Å²) in [6.45, 7) is 4.87. The van der Waals surface area contributed by atoms with Crippen LogP contribution in [0.4, 0.5) is 0 Å². The van der Waals surface area contributed by atoms with Crippen LogP contribution in [0.5, 0.6) is 0 Å². The number of hydrogen-bond acceptors (Lipinski definition) is 1. The standard InChI is InChI=1S/C16H18N/c1-3-13-8-7-12(2)16(10-13)15-6-4-5-14(9-15)11-17/h4,6-10H,3,11,17H2,1-2H3. The minimum absolute atomic E-state index is 0.542. The van der Waals surface area contributed by atoms with E-state index in [0.717, 1.165) is 12.0 Å². The van der Waals surface area contributed by atoms with Gasteiger partial charge in [-0.3, -0.25) is 0 Å². The van der Waals surface area contributed by atoms with Crippen LogP contribution in [-0.2, 0) is 13.0 Å². The SMILES string of the molecule is CCc1ccc(C)c(-c2cc[c]c(CN)c2)c1. The molecule has 1 radical (unpaired) electrons. The van der Waals surface area contributed by atoms with Gasteiger partial charge in [0, 0.05) is 6.54 Å². The van der Waals surface area contributed by atoms with Crippen molar-refractivity contribution in [3.05, 3.63) is 59.2 Å². The summed E-state index contributed by atoms with van der Waals surface area (Å²) in [6.07, 6.45) is 1.07. The van der Waals surface area contributed by atoms with Crippen LogP contribution in [0.3, 0.4) is 0 Å². The highest BCUT2D eigenvalue weighted by atomic mass is 14.5. The first-order chi connectivity index (χ1) is 8.24. The van der Waals surface area contributed by atoms with Gasteiger partial charge in [-0.25, -0.2) is 0 Å². The predicted octanol–water partition coefficient (Wildman–Crippen LogP) is 3.48. The molecule has 87 valence electrons. The van der Waals surface area contributed by atoms with Gasteiger partial charge in [-0.2, -0.15) is 0 Å². The Balaban J connectivity index is 2.50. The summed E-state index contributed by atoms with van der Waals surface area (Å²) in [5, 5.41) is 0. The van der Waals surface area contributed by atoms with Crippen molar-refractivity contribution in [1.82, 2.24) is 0 Å². The van der Waals surface area contributed by atoms with Gasteiger partial charge in [0.1, 0.15) is 0 Å².